The molecule has 1 aromatic carbocycles. The minimum absolute atomic E-state index is 0.0173. The van der Waals surface area contributed by atoms with Crippen molar-refractivity contribution in [2.24, 2.45) is 0 Å². The number of imidazole rings is 1. The minimum Gasteiger partial charge on any atom is -0.389 e. The zero-order chi connectivity index (χ0) is 17.4. The van der Waals surface area contributed by atoms with E-state index in [0.29, 0.717) is 5.56 Å². The monoisotopic (exact) mass is 339 g/mol. The molecule has 2 aliphatic rings. The average Bonchev–Trinajstić information content (AvgIpc) is 3.20. The van der Waals surface area contributed by atoms with Crippen LogP contribution in [0.15, 0.2) is 30.6 Å². The SMILES string of the molecule is Cc1nccn1[C@@H]1CC[C@@H](NC(=O)c2ccc3c(c2)CCCC3)[C@H]1O. The van der Waals surface area contributed by atoms with Crippen molar-refractivity contribution in [3.05, 3.63) is 53.1 Å². The van der Waals surface area contributed by atoms with Crippen LogP contribution in [0.3, 0.4) is 0 Å². The maximum Gasteiger partial charge on any atom is 0.251 e. The molecule has 2 aromatic rings. The molecule has 1 aromatic heterocycles. The Morgan fingerprint density at radius 1 is 1.24 bits per heavy atom. The number of aryl methyl sites for hydroxylation is 3. The molecule has 1 saturated carbocycles. The number of nitrogens with one attached hydrogen (secondary N) is 1. The number of amides is 1. The van der Waals surface area contributed by atoms with Gasteiger partial charge in [0.25, 0.3) is 5.91 Å². The molecule has 0 aliphatic heterocycles. The highest BCUT2D eigenvalue weighted by Crippen LogP contribution is 2.31. The highest BCUT2D eigenvalue weighted by Gasteiger charge is 2.37. The fourth-order valence-electron chi connectivity index (χ4n) is 4.29. The summed E-state index contributed by atoms with van der Waals surface area (Å²) in [6.45, 7) is 1.94. The summed E-state index contributed by atoms with van der Waals surface area (Å²) < 4.78 is 2.01. The molecule has 132 valence electrons. The number of hydrogen-bond acceptors (Lipinski definition) is 3. The average molecular weight is 339 g/mol. The van der Waals surface area contributed by atoms with Crippen molar-refractivity contribution in [2.75, 3.05) is 0 Å². The summed E-state index contributed by atoms with van der Waals surface area (Å²) in [4.78, 5) is 16.9. The van der Waals surface area contributed by atoms with E-state index in [1.165, 1.54) is 24.0 Å². The van der Waals surface area contributed by atoms with Crippen LogP contribution in [-0.2, 0) is 12.8 Å². The Kier molecular flexibility index (Phi) is 4.34. The Morgan fingerprint density at radius 2 is 2.04 bits per heavy atom. The van der Waals surface area contributed by atoms with E-state index in [4.69, 9.17) is 0 Å². The van der Waals surface area contributed by atoms with Crippen molar-refractivity contribution in [3.63, 3.8) is 0 Å². The van der Waals surface area contributed by atoms with Gasteiger partial charge in [0.1, 0.15) is 5.82 Å². The number of aromatic nitrogens is 2. The van der Waals surface area contributed by atoms with Gasteiger partial charge < -0.3 is 15.0 Å². The molecule has 1 amide bonds. The molecular weight excluding hydrogens is 314 g/mol. The molecule has 0 unspecified atom stereocenters. The molecule has 5 heteroatoms. The first-order valence-corrected chi connectivity index (χ1v) is 9.23. The second-order valence-corrected chi connectivity index (χ2v) is 7.29. The third-order valence-electron chi connectivity index (χ3n) is 5.73. The number of nitrogens with zero attached hydrogens (tertiary/aromatic N) is 2. The van der Waals surface area contributed by atoms with Gasteiger partial charge in [0.15, 0.2) is 0 Å². The summed E-state index contributed by atoms with van der Waals surface area (Å²) in [5, 5.41) is 13.7. The zero-order valence-corrected chi connectivity index (χ0v) is 14.6. The molecule has 1 heterocycles. The number of hydrogen-bond donors (Lipinski definition) is 2. The maximum atomic E-state index is 12.7. The Hall–Kier alpha value is -2.14. The number of aliphatic hydroxyl groups excluding tert-OH is 1. The molecule has 2 aliphatic carbocycles. The highest BCUT2D eigenvalue weighted by atomic mass is 16.3. The summed E-state index contributed by atoms with van der Waals surface area (Å²) >= 11 is 0. The topological polar surface area (TPSA) is 67.2 Å². The summed E-state index contributed by atoms with van der Waals surface area (Å²) in [5.41, 5.74) is 3.38. The molecule has 25 heavy (non-hydrogen) atoms. The molecule has 0 bridgehead atoms. The van der Waals surface area contributed by atoms with Gasteiger partial charge in [0, 0.05) is 18.0 Å². The minimum atomic E-state index is -0.588. The Morgan fingerprint density at radius 3 is 2.80 bits per heavy atom. The van der Waals surface area contributed by atoms with Crippen molar-refractivity contribution in [3.8, 4) is 0 Å². The summed E-state index contributed by atoms with van der Waals surface area (Å²) in [7, 11) is 0. The van der Waals surface area contributed by atoms with E-state index in [1.54, 1.807) is 6.20 Å². The second-order valence-electron chi connectivity index (χ2n) is 7.29. The van der Waals surface area contributed by atoms with Gasteiger partial charge in [-0.05, 0) is 68.7 Å². The van der Waals surface area contributed by atoms with Gasteiger partial charge in [-0.3, -0.25) is 4.79 Å². The van der Waals surface area contributed by atoms with Crippen molar-refractivity contribution in [2.45, 2.75) is 63.6 Å². The number of rotatable bonds is 3. The first-order valence-electron chi connectivity index (χ1n) is 9.23. The Labute approximate surface area is 148 Å². The van der Waals surface area contributed by atoms with Crippen LogP contribution < -0.4 is 5.32 Å². The van der Waals surface area contributed by atoms with Crippen LogP contribution in [0.5, 0.6) is 0 Å². The third kappa shape index (κ3) is 3.09. The predicted octanol–water partition coefficient (Wildman–Crippen LogP) is 2.56. The van der Waals surface area contributed by atoms with Crippen LogP contribution in [0.4, 0.5) is 0 Å². The third-order valence-corrected chi connectivity index (χ3v) is 5.73. The molecule has 2 N–H and O–H groups in total. The van der Waals surface area contributed by atoms with Gasteiger partial charge in [-0.1, -0.05) is 6.07 Å². The van der Waals surface area contributed by atoms with Crippen LogP contribution in [-0.4, -0.2) is 32.7 Å². The van der Waals surface area contributed by atoms with Gasteiger partial charge in [0.05, 0.1) is 18.2 Å². The van der Waals surface area contributed by atoms with Gasteiger partial charge in [-0.15, -0.1) is 0 Å². The van der Waals surface area contributed by atoms with E-state index in [-0.39, 0.29) is 18.0 Å². The van der Waals surface area contributed by atoms with Crippen molar-refractivity contribution >= 4 is 5.91 Å². The largest absolute Gasteiger partial charge is 0.389 e. The summed E-state index contributed by atoms with van der Waals surface area (Å²) in [5.74, 6) is 0.811. The van der Waals surface area contributed by atoms with Crippen LogP contribution in [0.1, 0.15) is 59.0 Å². The van der Waals surface area contributed by atoms with E-state index in [1.807, 2.05) is 29.8 Å². The molecular formula is C20H25N3O2. The van der Waals surface area contributed by atoms with Crippen LogP contribution in [0.2, 0.25) is 0 Å². The molecule has 1 fully saturated rings. The lowest BCUT2D eigenvalue weighted by atomic mass is 9.90. The first-order chi connectivity index (χ1) is 12.1. The predicted molar refractivity (Wildman–Crippen MR) is 95.6 cm³/mol. The summed E-state index contributed by atoms with van der Waals surface area (Å²) in [6.07, 6.45) is 9.29. The zero-order valence-electron chi connectivity index (χ0n) is 14.6. The number of carbonyl (C=O) groups excluding carboxylic acids is 1. The van der Waals surface area contributed by atoms with Crippen LogP contribution >= 0.6 is 0 Å². The summed E-state index contributed by atoms with van der Waals surface area (Å²) in [6, 6.07) is 5.80. The van der Waals surface area contributed by atoms with E-state index in [0.717, 1.165) is 31.5 Å². The lowest BCUT2D eigenvalue weighted by Crippen LogP contribution is -2.42. The van der Waals surface area contributed by atoms with Crippen molar-refractivity contribution in [1.29, 1.82) is 0 Å². The fourth-order valence-corrected chi connectivity index (χ4v) is 4.29. The van der Waals surface area contributed by atoms with E-state index in [9.17, 15) is 9.90 Å². The van der Waals surface area contributed by atoms with Crippen LogP contribution in [0, 0.1) is 6.92 Å². The molecule has 0 spiro atoms. The standard InChI is InChI=1S/C20H25N3O2/c1-13-21-10-11-23(13)18-9-8-17(19(18)24)22-20(25)16-7-6-14-4-2-3-5-15(14)12-16/h6-7,10-12,17-19,24H,2-5,8-9H2,1H3,(H,22,25)/t17-,18-,19-/m1/s1. The Bertz CT molecular complexity index is 783. The smallest absolute Gasteiger partial charge is 0.251 e. The van der Waals surface area contributed by atoms with E-state index < -0.39 is 6.10 Å². The lowest BCUT2D eigenvalue weighted by Gasteiger charge is -2.23. The molecule has 5 nitrogen and oxygen atoms in total. The molecule has 0 saturated heterocycles. The van der Waals surface area contributed by atoms with E-state index in [2.05, 4.69) is 16.4 Å². The number of fused-ring (bicyclic) bond motifs is 1. The molecule has 4 rings (SSSR count). The normalized spacial score (nSPS) is 25.6. The Balaban J connectivity index is 1.45. The quantitative estimate of drug-likeness (QED) is 0.903. The van der Waals surface area contributed by atoms with E-state index >= 15 is 0 Å². The number of aliphatic hydroxyl groups is 1. The second kappa shape index (κ2) is 6.64. The molecule has 0 radical (unpaired) electrons. The number of benzene rings is 1. The molecule has 3 atom stereocenters. The first kappa shape index (κ1) is 16.3. The van der Waals surface area contributed by atoms with Crippen LogP contribution in [0.25, 0.3) is 0 Å². The lowest BCUT2D eigenvalue weighted by molar-refractivity contribution is 0.0812. The van der Waals surface area contributed by atoms with Gasteiger partial charge in [0.2, 0.25) is 0 Å². The van der Waals surface area contributed by atoms with Gasteiger partial charge in [-0.25, -0.2) is 4.98 Å². The highest BCUT2D eigenvalue weighted by molar-refractivity contribution is 5.94. The van der Waals surface area contributed by atoms with Gasteiger partial charge in [-0.2, -0.15) is 0 Å². The van der Waals surface area contributed by atoms with Crippen molar-refractivity contribution < 1.29 is 9.90 Å². The van der Waals surface area contributed by atoms with Gasteiger partial charge >= 0.3 is 0 Å². The van der Waals surface area contributed by atoms with Crippen molar-refractivity contribution in [1.82, 2.24) is 14.9 Å². The maximum absolute atomic E-state index is 12.7. The fraction of sp³-hybridized carbons (Fsp3) is 0.500. The number of carbonyl (C=O) groups is 1.